The molecule has 0 saturated carbocycles. The maximum Gasteiger partial charge on any atom is 0.253 e. The van der Waals surface area contributed by atoms with Gasteiger partial charge in [0, 0.05) is 68.3 Å². The predicted molar refractivity (Wildman–Crippen MR) is 149 cm³/mol. The van der Waals surface area contributed by atoms with Crippen LogP contribution in [-0.2, 0) is 6.42 Å². The zero-order valence-electron chi connectivity index (χ0n) is 22.3. The van der Waals surface area contributed by atoms with E-state index in [1.165, 1.54) is 23.2 Å². The number of carbonyl (C=O) groups excluding carboxylic acids is 1. The summed E-state index contributed by atoms with van der Waals surface area (Å²) in [5.74, 6) is 0.00993. The number of anilines is 1. The normalized spacial score (nSPS) is 17.5. The van der Waals surface area contributed by atoms with Crippen LogP contribution in [0.25, 0.3) is 33.5 Å². The lowest BCUT2D eigenvalue weighted by atomic mass is 9.89. The van der Waals surface area contributed by atoms with Gasteiger partial charge in [0.25, 0.3) is 5.91 Å². The van der Waals surface area contributed by atoms with Gasteiger partial charge in [0.15, 0.2) is 5.65 Å². The third kappa shape index (κ3) is 4.07. The minimum atomic E-state index is 0.00993. The molecule has 2 aromatic carbocycles. The molecule has 0 bridgehead atoms. The number of likely N-dealkylation sites (N-methyl/N-ethyl adjacent to an activating group) is 1. The summed E-state index contributed by atoms with van der Waals surface area (Å²) in [7, 11) is 5.78. The Morgan fingerprint density at radius 1 is 1.08 bits per heavy atom. The fourth-order valence-corrected chi connectivity index (χ4v) is 6.04. The second-order valence-electron chi connectivity index (χ2n) is 10.8. The van der Waals surface area contributed by atoms with E-state index >= 15 is 0 Å². The topological polar surface area (TPSA) is 68.4 Å². The van der Waals surface area contributed by atoms with E-state index < -0.39 is 0 Å². The van der Waals surface area contributed by atoms with Crippen molar-refractivity contribution >= 4 is 22.8 Å². The number of hydrogen-bond acceptors (Lipinski definition) is 5. The third-order valence-electron chi connectivity index (χ3n) is 7.95. The van der Waals surface area contributed by atoms with E-state index in [0.29, 0.717) is 11.6 Å². The first kappa shape index (κ1) is 23.7. The Hall–Kier alpha value is -3.71. The molecule has 190 valence electrons. The highest BCUT2D eigenvalue weighted by molar-refractivity contribution is 5.97. The van der Waals surface area contributed by atoms with Crippen LogP contribution in [0.4, 0.5) is 5.69 Å². The third-order valence-corrected chi connectivity index (χ3v) is 7.95. The molecule has 1 N–H and O–H groups in total. The summed E-state index contributed by atoms with van der Waals surface area (Å²) in [4.78, 5) is 32.3. The van der Waals surface area contributed by atoms with Crippen molar-refractivity contribution in [2.45, 2.75) is 32.7 Å². The summed E-state index contributed by atoms with van der Waals surface area (Å²) in [6.45, 7) is 7.55. The van der Waals surface area contributed by atoms with Crippen LogP contribution in [0.15, 0.2) is 42.7 Å². The Balaban J connectivity index is 1.37. The van der Waals surface area contributed by atoms with Crippen LogP contribution >= 0.6 is 0 Å². The van der Waals surface area contributed by atoms with Crippen molar-refractivity contribution in [3.05, 3.63) is 65.0 Å². The molecule has 7 nitrogen and oxygen atoms in total. The Morgan fingerprint density at radius 2 is 1.89 bits per heavy atom. The molecule has 1 saturated heterocycles. The van der Waals surface area contributed by atoms with Crippen LogP contribution in [0, 0.1) is 13.8 Å². The molecule has 4 heterocycles. The molecule has 6 rings (SSSR count). The highest BCUT2D eigenvalue weighted by Crippen LogP contribution is 2.38. The highest BCUT2D eigenvalue weighted by atomic mass is 16.2. The molecule has 2 aliphatic rings. The summed E-state index contributed by atoms with van der Waals surface area (Å²) < 4.78 is 0. The molecule has 7 heteroatoms. The van der Waals surface area contributed by atoms with Crippen LogP contribution in [0.2, 0.25) is 0 Å². The maximum absolute atomic E-state index is 12.5. The van der Waals surface area contributed by atoms with E-state index in [9.17, 15) is 4.79 Å². The van der Waals surface area contributed by atoms with Crippen LogP contribution < -0.4 is 4.90 Å². The fraction of sp³-hybridized carbons (Fsp3) is 0.367. The quantitative estimate of drug-likeness (QED) is 0.448. The monoisotopic (exact) mass is 494 g/mol. The van der Waals surface area contributed by atoms with Crippen LogP contribution in [0.1, 0.15) is 33.5 Å². The van der Waals surface area contributed by atoms with Gasteiger partial charge in [-0.2, -0.15) is 0 Å². The van der Waals surface area contributed by atoms with Crippen molar-refractivity contribution in [1.82, 2.24) is 24.8 Å². The largest absolute Gasteiger partial charge is 0.366 e. The number of nitrogens with zero attached hydrogens (tertiary/aromatic N) is 5. The Morgan fingerprint density at radius 3 is 2.68 bits per heavy atom. The number of amides is 1. The van der Waals surface area contributed by atoms with Crippen molar-refractivity contribution in [1.29, 1.82) is 0 Å². The van der Waals surface area contributed by atoms with Gasteiger partial charge in [0.2, 0.25) is 0 Å². The minimum absolute atomic E-state index is 0.00993. The maximum atomic E-state index is 12.5. The number of rotatable bonds is 3. The number of carbonyl (C=O) groups is 1. The molecule has 37 heavy (non-hydrogen) atoms. The Bertz CT molecular complexity index is 1520. The van der Waals surface area contributed by atoms with E-state index in [-0.39, 0.29) is 5.91 Å². The van der Waals surface area contributed by atoms with Gasteiger partial charge in [0.1, 0.15) is 5.52 Å². The van der Waals surface area contributed by atoms with Gasteiger partial charge in [-0.05, 0) is 74.2 Å². The van der Waals surface area contributed by atoms with Gasteiger partial charge in [0.05, 0.1) is 11.9 Å². The number of benzene rings is 2. The number of aromatic amines is 1. The second-order valence-corrected chi connectivity index (χ2v) is 10.8. The summed E-state index contributed by atoms with van der Waals surface area (Å²) in [6, 6.07) is 11.2. The number of fused-ring (bicyclic) bond motifs is 4. The standard InChI is InChI=1S/C30H34N6O/c1-18-12-20(7-9-24(18)30(37)34(3)4)25-15-31-29-27(25)33-26(16-32-29)22-13-19(2)28-21(14-22)6-8-23-17-35(5)10-11-36(23)28/h7,9,12-16,23H,6,8,10-11,17H2,1-5H3,(H,31,32)/t23-/m1/s1. The molecule has 0 spiro atoms. The second kappa shape index (κ2) is 8.99. The van der Waals surface area contributed by atoms with Gasteiger partial charge in [-0.3, -0.25) is 4.79 Å². The first-order chi connectivity index (χ1) is 17.8. The number of aryl methyl sites for hydroxylation is 3. The molecule has 0 radical (unpaired) electrons. The van der Waals surface area contributed by atoms with E-state index in [1.54, 1.807) is 19.0 Å². The zero-order chi connectivity index (χ0) is 25.8. The average Bonchev–Trinajstić information content (AvgIpc) is 3.31. The lowest BCUT2D eigenvalue weighted by Crippen LogP contribution is -2.54. The van der Waals surface area contributed by atoms with Crippen LogP contribution in [-0.4, -0.2) is 77.5 Å². The van der Waals surface area contributed by atoms with E-state index in [1.807, 2.05) is 31.5 Å². The van der Waals surface area contributed by atoms with Crippen molar-refractivity contribution in [2.24, 2.45) is 0 Å². The predicted octanol–water partition coefficient (Wildman–Crippen LogP) is 4.68. The number of hydrogen-bond donors (Lipinski definition) is 1. The van der Waals surface area contributed by atoms with Crippen LogP contribution in [0.5, 0.6) is 0 Å². The molecule has 1 atom stereocenters. The molecular weight excluding hydrogens is 460 g/mol. The SMILES string of the molecule is Cc1cc(-c2c[nH]c3ncc(-c4cc(C)c5c(c4)CC[C@@H]4CN(C)CCN54)nc23)ccc1C(=O)N(C)C. The molecule has 4 aromatic rings. The van der Waals surface area contributed by atoms with Crippen molar-refractivity contribution < 1.29 is 4.79 Å². The highest BCUT2D eigenvalue weighted by Gasteiger charge is 2.31. The first-order valence-corrected chi connectivity index (χ1v) is 13.1. The van der Waals surface area contributed by atoms with E-state index in [4.69, 9.17) is 9.97 Å². The van der Waals surface area contributed by atoms with Crippen LogP contribution in [0.3, 0.4) is 0 Å². The lowest BCUT2D eigenvalue weighted by Gasteiger charge is -2.46. The minimum Gasteiger partial charge on any atom is -0.366 e. The van der Waals surface area contributed by atoms with Crippen molar-refractivity contribution in [2.75, 3.05) is 45.7 Å². The summed E-state index contributed by atoms with van der Waals surface area (Å²) in [6.07, 6.45) is 6.12. The average molecular weight is 495 g/mol. The molecule has 1 amide bonds. The zero-order valence-corrected chi connectivity index (χ0v) is 22.3. The smallest absolute Gasteiger partial charge is 0.253 e. The Kier molecular flexibility index (Phi) is 5.75. The summed E-state index contributed by atoms with van der Waals surface area (Å²) in [5.41, 5.74) is 11.4. The summed E-state index contributed by atoms with van der Waals surface area (Å²) >= 11 is 0. The van der Waals surface area contributed by atoms with Gasteiger partial charge < -0.3 is 19.7 Å². The number of aromatic nitrogens is 3. The van der Waals surface area contributed by atoms with E-state index in [0.717, 1.165) is 65.2 Å². The van der Waals surface area contributed by atoms with Crippen molar-refractivity contribution in [3.8, 4) is 22.4 Å². The Labute approximate surface area is 218 Å². The molecule has 2 aromatic heterocycles. The summed E-state index contributed by atoms with van der Waals surface area (Å²) in [5, 5.41) is 0. The fourth-order valence-electron chi connectivity index (χ4n) is 6.04. The number of piperazine rings is 1. The van der Waals surface area contributed by atoms with Crippen molar-refractivity contribution in [3.63, 3.8) is 0 Å². The molecule has 0 unspecified atom stereocenters. The lowest BCUT2D eigenvalue weighted by molar-refractivity contribution is 0.0827. The van der Waals surface area contributed by atoms with Gasteiger partial charge in [-0.1, -0.05) is 12.1 Å². The number of nitrogens with one attached hydrogen (secondary N) is 1. The molecule has 2 aliphatic heterocycles. The molecular formula is C30H34N6O. The number of H-pyrrole nitrogens is 1. The molecule has 1 fully saturated rings. The van der Waals surface area contributed by atoms with Gasteiger partial charge >= 0.3 is 0 Å². The van der Waals surface area contributed by atoms with E-state index in [2.05, 4.69) is 47.0 Å². The first-order valence-electron chi connectivity index (χ1n) is 13.1. The van der Waals surface area contributed by atoms with Gasteiger partial charge in [-0.15, -0.1) is 0 Å². The molecule has 0 aliphatic carbocycles. The van der Waals surface area contributed by atoms with Gasteiger partial charge in [-0.25, -0.2) is 9.97 Å².